The molecule has 0 aliphatic heterocycles. The van der Waals surface area contributed by atoms with Crippen LogP contribution in [0.15, 0.2) is 63.2 Å². The fourth-order valence-electron chi connectivity index (χ4n) is 2.58. The number of aromatic nitrogens is 1. The van der Waals surface area contributed by atoms with Gasteiger partial charge < -0.3 is 10.2 Å². The first-order chi connectivity index (χ1) is 12.5. The van der Waals surface area contributed by atoms with Crippen molar-refractivity contribution in [2.75, 3.05) is 0 Å². The summed E-state index contributed by atoms with van der Waals surface area (Å²) in [5.41, 5.74) is 1.19. The predicted octanol–water partition coefficient (Wildman–Crippen LogP) is 4.09. The highest BCUT2D eigenvalue weighted by atomic mass is 79.9. The first-order valence-electron chi connectivity index (χ1n) is 7.65. The fourth-order valence-corrected chi connectivity index (χ4v) is 2.94. The van der Waals surface area contributed by atoms with Crippen molar-refractivity contribution in [1.82, 2.24) is 4.57 Å². The lowest BCUT2D eigenvalue weighted by Crippen LogP contribution is -2.08. The highest BCUT2D eigenvalue weighted by molar-refractivity contribution is 9.10. The van der Waals surface area contributed by atoms with Crippen LogP contribution in [0.5, 0.6) is 5.88 Å². The van der Waals surface area contributed by atoms with Gasteiger partial charge in [0.1, 0.15) is 0 Å². The van der Waals surface area contributed by atoms with Gasteiger partial charge in [-0.1, -0.05) is 52.2 Å². The van der Waals surface area contributed by atoms with E-state index in [1.54, 1.807) is 48.5 Å². The topological polar surface area (TPSA) is 87.2 Å². The molecule has 0 bridgehead atoms. The highest BCUT2D eigenvalue weighted by Crippen LogP contribution is 2.40. The number of aliphatic hydroxyl groups excluding tert-OH is 1. The van der Waals surface area contributed by atoms with Gasteiger partial charge in [0, 0.05) is 9.86 Å². The number of nitrogens with zero attached hydrogens (tertiary/aromatic N) is 3. The number of carbonyl (C=O) groups excluding carboxylic acids is 1. The van der Waals surface area contributed by atoms with Crippen LogP contribution in [-0.2, 0) is 11.3 Å². The van der Waals surface area contributed by atoms with Crippen LogP contribution in [0.1, 0.15) is 11.7 Å². The number of halogens is 1. The Labute approximate surface area is 157 Å². The fraction of sp³-hybridized carbons (Fsp3) is 0.105. The van der Waals surface area contributed by atoms with E-state index in [1.165, 1.54) is 4.57 Å². The van der Waals surface area contributed by atoms with Gasteiger partial charge in [0.2, 0.25) is 5.88 Å². The molecule has 0 aliphatic carbocycles. The van der Waals surface area contributed by atoms with Gasteiger partial charge in [-0.25, -0.2) is 0 Å². The van der Waals surface area contributed by atoms with Gasteiger partial charge in [-0.15, -0.1) is 16.7 Å². The first-order valence-corrected chi connectivity index (χ1v) is 8.45. The van der Waals surface area contributed by atoms with E-state index < -0.39 is 12.0 Å². The second-order valence-electron chi connectivity index (χ2n) is 5.48. The van der Waals surface area contributed by atoms with Crippen molar-refractivity contribution >= 4 is 38.4 Å². The van der Waals surface area contributed by atoms with Crippen LogP contribution in [0.3, 0.4) is 0 Å². The van der Waals surface area contributed by atoms with Crippen LogP contribution in [0.25, 0.3) is 10.9 Å². The molecule has 1 atom stereocenters. The maximum absolute atomic E-state index is 12.1. The summed E-state index contributed by atoms with van der Waals surface area (Å²) in [7, 11) is 0. The largest absolute Gasteiger partial charge is 0.493 e. The molecular formula is C19H14BrN3O3. The molecule has 1 amide bonds. The number of amides is 1. The summed E-state index contributed by atoms with van der Waals surface area (Å²) in [6.07, 6.45) is 3.93. The van der Waals surface area contributed by atoms with Gasteiger partial charge in [-0.2, -0.15) is 0 Å². The molecule has 3 aromatic rings. The van der Waals surface area contributed by atoms with Crippen LogP contribution < -0.4 is 0 Å². The molecule has 0 fully saturated rings. The lowest BCUT2D eigenvalue weighted by Gasteiger charge is -2.05. The summed E-state index contributed by atoms with van der Waals surface area (Å²) >= 11 is 3.36. The normalized spacial score (nSPS) is 12.3. The number of hydrogen-bond acceptors (Lipinski definition) is 4. The second kappa shape index (κ2) is 7.52. The number of aromatic hydroxyl groups is 1. The summed E-state index contributed by atoms with van der Waals surface area (Å²) in [6.45, 7) is 0.139. The average Bonchev–Trinajstić information content (AvgIpc) is 2.91. The van der Waals surface area contributed by atoms with Crippen LogP contribution in [0.2, 0.25) is 0 Å². The van der Waals surface area contributed by atoms with E-state index in [-0.39, 0.29) is 18.1 Å². The molecule has 7 heteroatoms. The second-order valence-corrected chi connectivity index (χ2v) is 6.39. The minimum absolute atomic E-state index is 0.116. The van der Waals surface area contributed by atoms with Gasteiger partial charge in [-0.3, -0.25) is 9.36 Å². The lowest BCUT2D eigenvalue weighted by atomic mass is 10.1. The van der Waals surface area contributed by atoms with Gasteiger partial charge in [-0.05, 0) is 23.8 Å². The monoisotopic (exact) mass is 411 g/mol. The van der Waals surface area contributed by atoms with E-state index in [0.29, 0.717) is 16.5 Å². The number of rotatable bonds is 4. The number of benzene rings is 2. The van der Waals surface area contributed by atoms with Crippen molar-refractivity contribution in [3.8, 4) is 18.2 Å². The molecule has 0 unspecified atom stereocenters. The number of azo groups is 1. The zero-order valence-corrected chi connectivity index (χ0v) is 15.1. The highest BCUT2D eigenvalue weighted by Gasteiger charge is 2.19. The molecule has 0 saturated carbocycles. The van der Waals surface area contributed by atoms with Crippen molar-refractivity contribution in [1.29, 1.82) is 0 Å². The van der Waals surface area contributed by atoms with E-state index in [2.05, 4.69) is 32.1 Å². The Hall–Kier alpha value is -2.95. The molecule has 0 aliphatic rings. The van der Waals surface area contributed by atoms with Crippen LogP contribution >= 0.6 is 15.9 Å². The zero-order chi connectivity index (χ0) is 18.7. The minimum Gasteiger partial charge on any atom is -0.493 e. The van der Waals surface area contributed by atoms with Crippen molar-refractivity contribution in [3.05, 3.63) is 58.6 Å². The molecular weight excluding hydrogens is 398 g/mol. The Morgan fingerprint density at radius 3 is 2.69 bits per heavy atom. The number of carbonyl (C=O) groups is 1. The first kappa shape index (κ1) is 17.9. The third-order valence-corrected chi connectivity index (χ3v) is 4.31. The van der Waals surface area contributed by atoms with Crippen molar-refractivity contribution in [3.63, 3.8) is 0 Å². The molecule has 1 aromatic heterocycles. The predicted molar refractivity (Wildman–Crippen MR) is 101 cm³/mol. The van der Waals surface area contributed by atoms with E-state index >= 15 is 0 Å². The molecule has 0 saturated heterocycles. The number of hydrogen-bond donors (Lipinski definition) is 2. The summed E-state index contributed by atoms with van der Waals surface area (Å²) in [4.78, 5) is 12.1. The molecule has 6 nitrogen and oxygen atoms in total. The summed E-state index contributed by atoms with van der Waals surface area (Å²) in [5, 5.41) is 28.5. The number of fused-ring (bicyclic) bond motifs is 1. The van der Waals surface area contributed by atoms with Crippen LogP contribution in [0.4, 0.5) is 5.69 Å². The average molecular weight is 412 g/mol. The molecule has 2 N–H and O–H groups in total. The molecule has 3 rings (SSSR count). The summed E-state index contributed by atoms with van der Waals surface area (Å²) in [5.74, 6) is 1.44. The number of terminal acetylenes is 1. The van der Waals surface area contributed by atoms with Gasteiger partial charge in [0.15, 0.2) is 11.8 Å². The smallest absolute Gasteiger partial charge is 0.297 e. The van der Waals surface area contributed by atoms with E-state index in [0.717, 1.165) is 4.47 Å². The Bertz CT molecular complexity index is 1040. The Morgan fingerprint density at radius 1 is 1.27 bits per heavy atom. The summed E-state index contributed by atoms with van der Waals surface area (Å²) < 4.78 is 2.27. The molecule has 26 heavy (non-hydrogen) atoms. The quantitative estimate of drug-likeness (QED) is 0.500. The van der Waals surface area contributed by atoms with Gasteiger partial charge in [0.25, 0.3) is 5.91 Å². The molecule has 0 spiro atoms. The summed E-state index contributed by atoms with van der Waals surface area (Å²) in [6, 6.07) is 13.7. The van der Waals surface area contributed by atoms with Crippen molar-refractivity contribution in [2.24, 2.45) is 10.2 Å². The van der Waals surface area contributed by atoms with Gasteiger partial charge >= 0.3 is 0 Å². The molecule has 1 heterocycles. The standard InChI is InChI=1S/C19H14BrN3O3/c1-2-10-23-15-9-8-13(20)11-14(15)16(19(23)26)21-22-18(25)17(24)12-6-4-3-5-7-12/h1,3-9,11,17,24,26H,10H2/t17-/m1/s1. The molecule has 130 valence electrons. The Morgan fingerprint density at radius 2 is 2.00 bits per heavy atom. The minimum atomic E-state index is -1.42. The third-order valence-electron chi connectivity index (χ3n) is 3.82. The van der Waals surface area contributed by atoms with Gasteiger partial charge in [0.05, 0.1) is 12.1 Å². The van der Waals surface area contributed by atoms with E-state index in [4.69, 9.17) is 6.42 Å². The Kier molecular flexibility index (Phi) is 5.16. The van der Waals surface area contributed by atoms with Crippen molar-refractivity contribution in [2.45, 2.75) is 12.6 Å². The Balaban J connectivity index is 1.99. The van der Waals surface area contributed by atoms with E-state index in [9.17, 15) is 15.0 Å². The zero-order valence-electron chi connectivity index (χ0n) is 13.5. The van der Waals surface area contributed by atoms with Crippen molar-refractivity contribution < 1.29 is 15.0 Å². The maximum Gasteiger partial charge on any atom is 0.297 e. The molecule has 2 aromatic carbocycles. The number of aliphatic hydroxyl groups is 1. The van der Waals surface area contributed by atoms with Crippen LogP contribution in [0, 0.1) is 12.3 Å². The maximum atomic E-state index is 12.1. The van der Waals surface area contributed by atoms with Crippen LogP contribution in [-0.4, -0.2) is 20.7 Å². The SMILES string of the molecule is C#CCn1c(O)c(N=NC(=O)[C@H](O)c2ccccc2)c2cc(Br)ccc21. The third kappa shape index (κ3) is 3.38. The lowest BCUT2D eigenvalue weighted by molar-refractivity contribution is -0.126. The van der Waals surface area contributed by atoms with E-state index in [1.807, 2.05) is 0 Å². The molecule has 0 radical (unpaired) electrons.